The van der Waals surface area contributed by atoms with Gasteiger partial charge < -0.3 is 10.2 Å². The van der Waals surface area contributed by atoms with Crippen LogP contribution in [0.15, 0.2) is 17.5 Å². The van der Waals surface area contributed by atoms with E-state index in [0.29, 0.717) is 10.8 Å². The number of thiophene rings is 2. The second-order valence-electron chi connectivity index (χ2n) is 9.30. The Balaban J connectivity index is 1.68. The lowest BCUT2D eigenvalue weighted by Crippen LogP contribution is -2.36. The van der Waals surface area contributed by atoms with Crippen molar-refractivity contribution in [2.45, 2.75) is 59.3 Å². The summed E-state index contributed by atoms with van der Waals surface area (Å²) in [7, 11) is 0. The van der Waals surface area contributed by atoms with Gasteiger partial charge in [0.2, 0.25) is 0 Å². The van der Waals surface area contributed by atoms with Gasteiger partial charge in [0.1, 0.15) is 5.00 Å². The molecule has 6 heteroatoms. The zero-order chi connectivity index (χ0) is 20.6. The first-order chi connectivity index (χ1) is 13.8. The molecular weight excluding hydrogens is 400 g/mol. The lowest BCUT2D eigenvalue weighted by atomic mass is 9.72. The van der Waals surface area contributed by atoms with Crippen LogP contribution >= 0.6 is 22.7 Å². The average molecular weight is 431 g/mol. The molecule has 1 aliphatic carbocycles. The molecule has 156 valence electrons. The summed E-state index contributed by atoms with van der Waals surface area (Å²) in [6.45, 7) is 8.55. The molecule has 1 atom stereocenters. The highest BCUT2D eigenvalue weighted by Gasteiger charge is 2.35. The quantitative estimate of drug-likeness (QED) is 0.665. The fraction of sp³-hybridized carbons (Fsp3) is 0.565. The molecule has 0 bridgehead atoms. The van der Waals surface area contributed by atoms with Crippen LogP contribution in [0.3, 0.4) is 0 Å². The monoisotopic (exact) mass is 430 g/mol. The second-order valence-corrected chi connectivity index (χ2v) is 11.4. The Morgan fingerprint density at radius 2 is 1.93 bits per heavy atom. The first-order valence-corrected chi connectivity index (χ1v) is 12.3. The number of carbonyl (C=O) groups excluding carboxylic acids is 2. The summed E-state index contributed by atoms with van der Waals surface area (Å²) in [5.74, 6) is 0.601. The van der Waals surface area contributed by atoms with E-state index in [-0.39, 0.29) is 17.2 Å². The van der Waals surface area contributed by atoms with Crippen LogP contribution in [0.5, 0.6) is 0 Å². The smallest absolute Gasteiger partial charge is 0.266 e. The zero-order valence-corrected chi connectivity index (χ0v) is 19.2. The van der Waals surface area contributed by atoms with Crippen LogP contribution in [0.4, 0.5) is 5.00 Å². The van der Waals surface area contributed by atoms with Crippen molar-refractivity contribution in [3.8, 4) is 0 Å². The molecular formula is C23H30N2O2S2. The molecule has 1 saturated heterocycles. The van der Waals surface area contributed by atoms with Crippen molar-refractivity contribution in [1.29, 1.82) is 0 Å². The molecule has 2 aliphatic rings. The molecule has 3 heterocycles. The molecule has 2 amide bonds. The van der Waals surface area contributed by atoms with E-state index in [1.54, 1.807) is 11.3 Å². The Bertz CT molecular complexity index is 887. The van der Waals surface area contributed by atoms with Crippen molar-refractivity contribution >= 4 is 39.5 Å². The summed E-state index contributed by atoms with van der Waals surface area (Å²) in [5.41, 5.74) is 2.20. The van der Waals surface area contributed by atoms with Crippen LogP contribution in [-0.4, -0.2) is 29.8 Å². The van der Waals surface area contributed by atoms with Gasteiger partial charge in [-0.2, -0.15) is 0 Å². The van der Waals surface area contributed by atoms with Crippen molar-refractivity contribution in [3.05, 3.63) is 38.4 Å². The zero-order valence-electron chi connectivity index (χ0n) is 17.5. The van der Waals surface area contributed by atoms with Crippen molar-refractivity contribution in [1.82, 2.24) is 4.90 Å². The number of amides is 2. The molecule has 1 aliphatic heterocycles. The largest absolute Gasteiger partial charge is 0.339 e. The number of nitrogens with zero attached hydrogens (tertiary/aromatic N) is 1. The summed E-state index contributed by atoms with van der Waals surface area (Å²) in [5, 5.41) is 5.74. The Morgan fingerprint density at radius 3 is 2.59 bits per heavy atom. The number of likely N-dealkylation sites (tertiary alicyclic amines) is 1. The minimum Gasteiger partial charge on any atom is -0.339 e. The number of nitrogens with one attached hydrogen (secondary N) is 1. The lowest BCUT2D eigenvalue weighted by Gasteiger charge is -2.34. The Labute approximate surface area is 181 Å². The molecule has 0 unspecified atom stereocenters. The third-order valence-electron chi connectivity index (χ3n) is 6.32. The number of hydrogen-bond donors (Lipinski definition) is 1. The van der Waals surface area contributed by atoms with Gasteiger partial charge in [-0.15, -0.1) is 22.7 Å². The van der Waals surface area contributed by atoms with Crippen molar-refractivity contribution in [3.63, 3.8) is 0 Å². The van der Waals surface area contributed by atoms with Gasteiger partial charge in [0, 0.05) is 18.0 Å². The molecule has 0 saturated carbocycles. The van der Waals surface area contributed by atoms with Gasteiger partial charge in [-0.05, 0) is 66.9 Å². The van der Waals surface area contributed by atoms with E-state index in [0.717, 1.165) is 55.8 Å². The fourth-order valence-corrected chi connectivity index (χ4v) is 6.40. The predicted molar refractivity (Wildman–Crippen MR) is 121 cm³/mol. The van der Waals surface area contributed by atoms with Crippen LogP contribution < -0.4 is 5.32 Å². The van der Waals surface area contributed by atoms with Crippen molar-refractivity contribution in [2.24, 2.45) is 11.3 Å². The molecule has 4 rings (SSSR count). The summed E-state index contributed by atoms with van der Waals surface area (Å²) >= 11 is 3.05. The van der Waals surface area contributed by atoms with E-state index >= 15 is 0 Å². The molecule has 2 aromatic heterocycles. The van der Waals surface area contributed by atoms with Crippen molar-refractivity contribution in [2.75, 3.05) is 18.4 Å². The van der Waals surface area contributed by atoms with E-state index in [4.69, 9.17) is 0 Å². The number of piperidine rings is 1. The highest BCUT2D eigenvalue weighted by atomic mass is 32.1. The van der Waals surface area contributed by atoms with Crippen LogP contribution in [-0.2, 0) is 12.8 Å². The number of carbonyl (C=O) groups is 2. The highest BCUT2D eigenvalue weighted by Crippen LogP contribution is 2.45. The Morgan fingerprint density at radius 1 is 1.17 bits per heavy atom. The minimum atomic E-state index is -0.112. The number of rotatable bonds is 3. The third kappa shape index (κ3) is 4.29. The molecule has 0 aromatic carbocycles. The molecule has 4 nitrogen and oxygen atoms in total. The molecule has 0 radical (unpaired) electrons. The van der Waals surface area contributed by atoms with Gasteiger partial charge in [-0.3, -0.25) is 9.59 Å². The van der Waals surface area contributed by atoms with E-state index in [1.165, 1.54) is 28.2 Å². The first-order valence-electron chi connectivity index (χ1n) is 10.6. The van der Waals surface area contributed by atoms with E-state index in [1.807, 2.05) is 22.4 Å². The van der Waals surface area contributed by atoms with Gasteiger partial charge in [0.25, 0.3) is 11.8 Å². The van der Waals surface area contributed by atoms with Crippen LogP contribution in [0.2, 0.25) is 0 Å². The molecule has 1 fully saturated rings. The number of hydrogen-bond acceptors (Lipinski definition) is 4. The van der Waals surface area contributed by atoms with Gasteiger partial charge in [-0.25, -0.2) is 0 Å². The maximum absolute atomic E-state index is 13.5. The van der Waals surface area contributed by atoms with E-state index in [2.05, 4.69) is 26.1 Å². The van der Waals surface area contributed by atoms with Gasteiger partial charge in [-0.1, -0.05) is 26.8 Å². The van der Waals surface area contributed by atoms with Crippen molar-refractivity contribution < 1.29 is 9.59 Å². The predicted octanol–water partition coefficient (Wildman–Crippen LogP) is 5.84. The SMILES string of the molecule is CC(C)(C)[C@@H]1CCc2c(sc(NC(=O)c3cccs3)c2C(=O)N2CCCCC2)C1. The molecule has 29 heavy (non-hydrogen) atoms. The summed E-state index contributed by atoms with van der Waals surface area (Å²) in [6, 6.07) is 3.71. The topological polar surface area (TPSA) is 49.4 Å². The minimum absolute atomic E-state index is 0.109. The van der Waals surface area contributed by atoms with Gasteiger partial charge in [0.15, 0.2) is 0 Å². The van der Waals surface area contributed by atoms with Gasteiger partial charge in [0.05, 0.1) is 10.4 Å². The molecule has 0 spiro atoms. The van der Waals surface area contributed by atoms with Crippen LogP contribution in [0.1, 0.15) is 76.9 Å². The summed E-state index contributed by atoms with van der Waals surface area (Å²) in [4.78, 5) is 30.2. The van der Waals surface area contributed by atoms with E-state index in [9.17, 15) is 9.59 Å². The second kappa shape index (κ2) is 8.23. The lowest BCUT2D eigenvalue weighted by molar-refractivity contribution is 0.0724. The molecule has 1 N–H and O–H groups in total. The standard InChI is InChI=1S/C23H30N2O2S2/c1-23(2,3)15-9-10-16-18(14-15)29-21(24-20(26)17-8-7-13-28-17)19(16)22(27)25-11-5-4-6-12-25/h7-8,13,15H,4-6,9-12,14H2,1-3H3,(H,24,26)/t15-/m1/s1. The number of fused-ring (bicyclic) bond motifs is 1. The highest BCUT2D eigenvalue weighted by molar-refractivity contribution is 7.17. The fourth-order valence-electron chi connectivity index (χ4n) is 4.47. The van der Waals surface area contributed by atoms with Crippen LogP contribution in [0.25, 0.3) is 0 Å². The summed E-state index contributed by atoms with van der Waals surface area (Å²) < 4.78 is 0. The van der Waals surface area contributed by atoms with E-state index < -0.39 is 0 Å². The maximum Gasteiger partial charge on any atom is 0.266 e. The number of anilines is 1. The first kappa shape index (κ1) is 20.6. The average Bonchev–Trinajstić information content (AvgIpc) is 3.34. The molecule has 2 aromatic rings. The van der Waals surface area contributed by atoms with Gasteiger partial charge >= 0.3 is 0 Å². The summed E-state index contributed by atoms with van der Waals surface area (Å²) in [6.07, 6.45) is 6.37. The van der Waals surface area contributed by atoms with Crippen LogP contribution in [0, 0.1) is 11.3 Å². The maximum atomic E-state index is 13.5. The Hall–Kier alpha value is -1.66. The third-order valence-corrected chi connectivity index (χ3v) is 8.36. The Kier molecular flexibility index (Phi) is 5.85. The normalized spacial score (nSPS) is 19.7.